The summed E-state index contributed by atoms with van der Waals surface area (Å²) < 4.78 is 22.7. The Hall–Kier alpha value is -3.84. The third-order valence-corrected chi connectivity index (χ3v) is 6.62. The van der Waals surface area contributed by atoms with Gasteiger partial charge in [-0.3, -0.25) is 13.9 Å². The van der Waals surface area contributed by atoms with Gasteiger partial charge in [0.1, 0.15) is 29.3 Å². The molecule has 0 bridgehead atoms. The molecule has 0 aliphatic carbocycles. The van der Waals surface area contributed by atoms with Crippen molar-refractivity contribution in [1.29, 1.82) is 5.26 Å². The number of carbonyl (C=O) groups excluding carboxylic acids is 1. The van der Waals surface area contributed by atoms with Gasteiger partial charge in [-0.05, 0) is 55.8 Å². The molecule has 3 aromatic heterocycles. The van der Waals surface area contributed by atoms with Crippen molar-refractivity contribution in [3.63, 3.8) is 0 Å². The Labute approximate surface area is 206 Å². The summed E-state index contributed by atoms with van der Waals surface area (Å²) in [5.74, 6) is 1.46. The summed E-state index contributed by atoms with van der Waals surface area (Å²) in [5.41, 5.74) is 2.56. The summed E-state index contributed by atoms with van der Waals surface area (Å²) in [6.07, 6.45) is 1.61. The molecular formula is C25H25FN6O2S. The number of nitrogens with one attached hydrogen (secondary N) is 1. The van der Waals surface area contributed by atoms with Crippen molar-refractivity contribution in [2.45, 2.75) is 45.3 Å². The maximum absolute atomic E-state index is 13.5. The predicted molar refractivity (Wildman–Crippen MR) is 131 cm³/mol. The third-order valence-electron chi connectivity index (χ3n) is 5.66. The Morgan fingerprint density at radius 2 is 1.97 bits per heavy atom. The Kier molecular flexibility index (Phi) is 7.07. The second kappa shape index (κ2) is 10.2. The van der Waals surface area contributed by atoms with E-state index in [1.807, 2.05) is 44.4 Å². The number of furan rings is 1. The molecule has 0 saturated carbocycles. The highest BCUT2D eigenvalue weighted by atomic mass is 32.2. The number of thioether (sulfide) groups is 1. The molecule has 0 spiro atoms. The van der Waals surface area contributed by atoms with Crippen LogP contribution in [-0.2, 0) is 11.3 Å². The quantitative estimate of drug-likeness (QED) is 0.340. The van der Waals surface area contributed by atoms with E-state index in [2.05, 4.69) is 21.6 Å². The lowest BCUT2D eigenvalue weighted by atomic mass is 10.2. The largest absolute Gasteiger partial charge is 0.467 e. The summed E-state index contributed by atoms with van der Waals surface area (Å²) in [5, 5.41) is 21.8. The first-order valence-electron chi connectivity index (χ1n) is 11.1. The van der Waals surface area contributed by atoms with Crippen LogP contribution in [0.2, 0.25) is 0 Å². The number of aromatic nitrogens is 4. The van der Waals surface area contributed by atoms with Crippen LogP contribution in [0, 0.1) is 31.0 Å². The maximum Gasteiger partial charge on any atom is 0.236 e. The maximum atomic E-state index is 13.5. The van der Waals surface area contributed by atoms with Crippen LogP contribution in [0.15, 0.2) is 52.2 Å². The Bertz CT molecular complexity index is 1380. The van der Waals surface area contributed by atoms with Crippen molar-refractivity contribution in [2.75, 3.05) is 11.1 Å². The standard InChI is InChI=1S/C25H25FN6O2S/c1-15(2)23-29-30-25(31(23)13-20-6-5-11-34-20)35-14-22(33)28-24-21(12-27)16(3)17(4)32(24)19-9-7-18(26)8-10-19/h5-11,15H,13-14H2,1-4H3,(H,28,33). The Morgan fingerprint density at radius 1 is 1.23 bits per heavy atom. The van der Waals surface area contributed by atoms with Crippen molar-refractivity contribution in [2.24, 2.45) is 0 Å². The van der Waals surface area contributed by atoms with Gasteiger partial charge >= 0.3 is 0 Å². The van der Waals surface area contributed by atoms with Crippen LogP contribution < -0.4 is 5.32 Å². The summed E-state index contributed by atoms with van der Waals surface area (Å²) in [4.78, 5) is 13.0. The van der Waals surface area contributed by atoms with E-state index in [9.17, 15) is 14.4 Å². The topological polar surface area (TPSA) is 102 Å². The second-order valence-corrected chi connectivity index (χ2v) is 9.30. The van der Waals surface area contributed by atoms with Gasteiger partial charge in [0, 0.05) is 17.3 Å². The summed E-state index contributed by atoms with van der Waals surface area (Å²) in [7, 11) is 0. The summed E-state index contributed by atoms with van der Waals surface area (Å²) in [6, 6.07) is 11.8. The van der Waals surface area contributed by atoms with Gasteiger partial charge in [0.25, 0.3) is 0 Å². The van der Waals surface area contributed by atoms with E-state index in [-0.39, 0.29) is 23.4 Å². The van der Waals surface area contributed by atoms with Crippen LogP contribution in [0.4, 0.5) is 10.2 Å². The van der Waals surface area contributed by atoms with E-state index >= 15 is 0 Å². The fourth-order valence-electron chi connectivity index (χ4n) is 3.81. The number of benzene rings is 1. The first kappa shape index (κ1) is 24.3. The van der Waals surface area contributed by atoms with Gasteiger partial charge in [-0.2, -0.15) is 5.26 Å². The molecule has 0 radical (unpaired) electrons. The molecule has 0 fully saturated rings. The number of halogens is 1. The molecule has 1 N–H and O–H groups in total. The van der Waals surface area contributed by atoms with E-state index in [4.69, 9.17) is 4.42 Å². The monoisotopic (exact) mass is 492 g/mol. The zero-order valence-electron chi connectivity index (χ0n) is 19.9. The van der Waals surface area contributed by atoms with Gasteiger partial charge in [0.15, 0.2) is 5.16 Å². The van der Waals surface area contributed by atoms with Gasteiger partial charge in [0.2, 0.25) is 5.91 Å². The van der Waals surface area contributed by atoms with Gasteiger partial charge in [-0.25, -0.2) is 4.39 Å². The molecule has 8 nitrogen and oxygen atoms in total. The number of nitrogens with zero attached hydrogens (tertiary/aromatic N) is 5. The molecule has 0 aliphatic heterocycles. The smallest absolute Gasteiger partial charge is 0.236 e. The minimum absolute atomic E-state index is 0.0615. The van der Waals surface area contributed by atoms with Gasteiger partial charge in [-0.1, -0.05) is 25.6 Å². The molecule has 180 valence electrons. The Balaban J connectivity index is 1.57. The molecule has 1 amide bonds. The molecule has 10 heteroatoms. The highest BCUT2D eigenvalue weighted by molar-refractivity contribution is 7.99. The number of hydrogen-bond acceptors (Lipinski definition) is 6. The van der Waals surface area contributed by atoms with Gasteiger partial charge in [0.05, 0.1) is 24.1 Å². The van der Waals surface area contributed by atoms with Crippen molar-refractivity contribution in [3.8, 4) is 11.8 Å². The lowest BCUT2D eigenvalue weighted by molar-refractivity contribution is -0.113. The van der Waals surface area contributed by atoms with Crippen LogP contribution in [0.3, 0.4) is 0 Å². The number of carbonyl (C=O) groups is 1. The number of hydrogen-bond donors (Lipinski definition) is 1. The summed E-state index contributed by atoms with van der Waals surface area (Å²) >= 11 is 1.26. The number of anilines is 1. The lowest BCUT2D eigenvalue weighted by Gasteiger charge is -2.13. The zero-order valence-corrected chi connectivity index (χ0v) is 20.7. The molecule has 4 rings (SSSR count). The van der Waals surface area contributed by atoms with Crippen LogP contribution in [0.25, 0.3) is 5.69 Å². The Morgan fingerprint density at radius 3 is 2.60 bits per heavy atom. The molecule has 0 aliphatic rings. The van der Waals surface area contributed by atoms with Crippen LogP contribution >= 0.6 is 11.8 Å². The van der Waals surface area contributed by atoms with E-state index in [1.54, 1.807) is 23.0 Å². The molecular weight excluding hydrogens is 467 g/mol. The van der Waals surface area contributed by atoms with Gasteiger partial charge in [-0.15, -0.1) is 10.2 Å². The van der Waals surface area contributed by atoms with Crippen molar-refractivity contribution >= 4 is 23.5 Å². The third kappa shape index (κ3) is 5.00. The van der Waals surface area contributed by atoms with Crippen molar-refractivity contribution in [3.05, 3.63) is 76.9 Å². The van der Waals surface area contributed by atoms with Crippen LogP contribution in [-0.4, -0.2) is 31.0 Å². The van der Waals surface area contributed by atoms with Crippen molar-refractivity contribution in [1.82, 2.24) is 19.3 Å². The van der Waals surface area contributed by atoms with Crippen LogP contribution in [0.5, 0.6) is 0 Å². The first-order valence-corrected chi connectivity index (χ1v) is 12.0. The molecule has 4 aromatic rings. The van der Waals surface area contributed by atoms with E-state index in [0.717, 1.165) is 22.8 Å². The molecule has 1 aromatic carbocycles. The number of amides is 1. The average Bonchev–Trinajstić information content (AvgIpc) is 3.54. The fourth-order valence-corrected chi connectivity index (χ4v) is 4.56. The number of rotatable bonds is 8. The van der Waals surface area contributed by atoms with E-state index < -0.39 is 0 Å². The van der Waals surface area contributed by atoms with Crippen LogP contribution in [0.1, 0.15) is 48.2 Å². The second-order valence-electron chi connectivity index (χ2n) is 8.36. The van der Waals surface area contributed by atoms with E-state index in [0.29, 0.717) is 28.8 Å². The molecule has 0 saturated heterocycles. The summed E-state index contributed by atoms with van der Waals surface area (Å²) in [6.45, 7) is 8.20. The minimum atomic E-state index is -0.364. The highest BCUT2D eigenvalue weighted by Gasteiger charge is 2.22. The molecule has 35 heavy (non-hydrogen) atoms. The molecule has 0 atom stereocenters. The normalized spacial score (nSPS) is 11.1. The predicted octanol–water partition coefficient (Wildman–Crippen LogP) is 5.19. The number of nitriles is 1. The molecule has 0 unspecified atom stereocenters. The van der Waals surface area contributed by atoms with Gasteiger partial charge < -0.3 is 9.73 Å². The molecule has 3 heterocycles. The lowest BCUT2D eigenvalue weighted by Crippen LogP contribution is -2.18. The average molecular weight is 493 g/mol. The van der Waals surface area contributed by atoms with E-state index in [1.165, 1.54) is 23.9 Å². The fraction of sp³-hybridized carbons (Fsp3) is 0.280. The minimum Gasteiger partial charge on any atom is -0.467 e. The van der Waals surface area contributed by atoms with Crippen molar-refractivity contribution < 1.29 is 13.6 Å². The highest BCUT2D eigenvalue weighted by Crippen LogP contribution is 2.30. The first-order chi connectivity index (χ1) is 16.8. The SMILES string of the molecule is Cc1c(C#N)c(NC(=O)CSc2nnc(C(C)C)n2Cc2ccco2)n(-c2ccc(F)cc2)c1C. The zero-order chi connectivity index (χ0) is 25.1.